The highest BCUT2D eigenvalue weighted by Gasteiger charge is 2.30. The number of fused-ring (bicyclic) bond motifs is 1. The molecule has 0 N–H and O–H groups in total. The monoisotopic (exact) mass is 358 g/mol. The van der Waals surface area contributed by atoms with E-state index in [4.69, 9.17) is 4.74 Å². The predicted molar refractivity (Wildman–Crippen MR) is 108 cm³/mol. The van der Waals surface area contributed by atoms with E-state index in [1.165, 1.54) is 42.7 Å². The lowest BCUT2D eigenvalue weighted by atomic mass is 9.85. The van der Waals surface area contributed by atoms with Gasteiger partial charge in [0.2, 0.25) is 0 Å². The van der Waals surface area contributed by atoms with Crippen LogP contribution in [0.3, 0.4) is 0 Å². The molecule has 1 fully saturated rings. The number of hydrogen-bond donors (Lipinski definition) is 0. The zero-order valence-corrected chi connectivity index (χ0v) is 16.7. The Morgan fingerprint density at radius 3 is 2.62 bits per heavy atom. The SMILES string of the molecule is CCCOc1c(C2CCN(CC)CC2)ccc2c1CC[C@H](C)N2CC=O. The van der Waals surface area contributed by atoms with E-state index in [-0.39, 0.29) is 0 Å². The van der Waals surface area contributed by atoms with E-state index in [9.17, 15) is 4.79 Å². The molecule has 1 saturated heterocycles. The highest BCUT2D eigenvalue weighted by atomic mass is 16.5. The highest BCUT2D eigenvalue weighted by molar-refractivity contribution is 5.69. The van der Waals surface area contributed by atoms with Crippen molar-refractivity contribution in [3.8, 4) is 5.75 Å². The van der Waals surface area contributed by atoms with Crippen molar-refractivity contribution in [2.75, 3.05) is 37.7 Å². The maximum atomic E-state index is 11.2. The van der Waals surface area contributed by atoms with Crippen LogP contribution in [0.25, 0.3) is 0 Å². The summed E-state index contributed by atoms with van der Waals surface area (Å²) >= 11 is 0. The van der Waals surface area contributed by atoms with Gasteiger partial charge in [-0.15, -0.1) is 0 Å². The van der Waals surface area contributed by atoms with Gasteiger partial charge in [0.15, 0.2) is 0 Å². The largest absolute Gasteiger partial charge is 0.493 e. The van der Waals surface area contributed by atoms with Gasteiger partial charge in [0, 0.05) is 17.3 Å². The van der Waals surface area contributed by atoms with Gasteiger partial charge in [0.1, 0.15) is 12.0 Å². The molecule has 144 valence electrons. The molecule has 0 aromatic heterocycles. The van der Waals surface area contributed by atoms with E-state index in [0.29, 0.717) is 18.5 Å². The summed E-state index contributed by atoms with van der Waals surface area (Å²) in [4.78, 5) is 16.0. The first-order valence-electron chi connectivity index (χ1n) is 10.4. The lowest BCUT2D eigenvalue weighted by Crippen LogP contribution is -2.39. The van der Waals surface area contributed by atoms with Gasteiger partial charge in [0.25, 0.3) is 0 Å². The number of carbonyl (C=O) groups is 1. The fourth-order valence-electron chi connectivity index (χ4n) is 4.51. The van der Waals surface area contributed by atoms with Crippen LogP contribution < -0.4 is 9.64 Å². The van der Waals surface area contributed by atoms with Crippen LogP contribution >= 0.6 is 0 Å². The molecule has 1 aromatic rings. The van der Waals surface area contributed by atoms with Gasteiger partial charge in [-0.25, -0.2) is 0 Å². The van der Waals surface area contributed by atoms with Gasteiger partial charge < -0.3 is 19.3 Å². The molecule has 4 nitrogen and oxygen atoms in total. The molecule has 1 atom stereocenters. The Balaban J connectivity index is 1.94. The topological polar surface area (TPSA) is 32.8 Å². The van der Waals surface area contributed by atoms with E-state index in [1.807, 2.05) is 0 Å². The van der Waals surface area contributed by atoms with Crippen LogP contribution in [0.4, 0.5) is 5.69 Å². The Labute approximate surface area is 158 Å². The summed E-state index contributed by atoms with van der Waals surface area (Å²) in [6, 6.07) is 4.94. The molecule has 0 amide bonds. The molecule has 0 unspecified atom stereocenters. The second-order valence-electron chi connectivity index (χ2n) is 7.75. The van der Waals surface area contributed by atoms with Gasteiger partial charge in [-0.2, -0.15) is 0 Å². The number of rotatable bonds is 7. The first-order chi connectivity index (χ1) is 12.7. The Morgan fingerprint density at radius 1 is 1.19 bits per heavy atom. The van der Waals surface area contributed by atoms with Crippen molar-refractivity contribution in [1.82, 2.24) is 4.90 Å². The first kappa shape index (κ1) is 19.2. The van der Waals surface area contributed by atoms with E-state index in [1.54, 1.807) is 0 Å². The van der Waals surface area contributed by atoms with Gasteiger partial charge in [-0.05, 0) is 76.2 Å². The van der Waals surface area contributed by atoms with Crippen LogP contribution in [0.1, 0.15) is 63.5 Å². The van der Waals surface area contributed by atoms with Crippen molar-refractivity contribution < 1.29 is 9.53 Å². The lowest BCUT2D eigenvalue weighted by molar-refractivity contribution is -0.106. The summed E-state index contributed by atoms with van der Waals surface area (Å²) in [6.07, 6.45) is 6.60. The molecule has 0 spiro atoms. The number of benzene rings is 1. The Bertz CT molecular complexity index is 608. The third-order valence-corrected chi connectivity index (χ3v) is 6.12. The highest BCUT2D eigenvalue weighted by Crippen LogP contribution is 2.43. The minimum Gasteiger partial charge on any atom is -0.493 e. The Kier molecular flexibility index (Phi) is 6.58. The molecular weight excluding hydrogens is 324 g/mol. The number of carbonyl (C=O) groups excluding carboxylic acids is 1. The molecule has 0 aliphatic carbocycles. The summed E-state index contributed by atoms with van der Waals surface area (Å²) in [5.41, 5.74) is 3.93. The normalized spacial score (nSPS) is 21.5. The molecule has 1 aromatic carbocycles. The molecule has 0 saturated carbocycles. The van der Waals surface area contributed by atoms with Gasteiger partial charge in [-0.3, -0.25) is 0 Å². The van der Waals surface area contributed by atoms with Crippen molar-refractivity contribution in [3.63, 3.8) is 0 Å². The van der Waals surface area contributed by atoms with E-state index in [0.717, 1.165) is 44.4 Å². The fourth-order valence-corrected chi connectivity index (χ4v) is 4.51. The Hall–Kier alpha value is -1.55. The number of ether oxygens (including phenoxy) is 1. The smallest absolute Gasteiger partial charge is 0.139 e. The van der Waals surface area contributed by atoms with Crippen molar-refractivity contribution in [2.45, 2.75) is 64.8 Å². The van der Waals surface area contributed by atoms with E-state index >= 15 is 0 Å². The van der Waals surface area contributed by atoms with E-state index < -0.39 is 0 Å². The third kappa shape index (κ3) is 3.90. The number of piperidine rings is 1. The summed E-state index contributed by atoms with van der Waals surface area (Å²) < 4.78 is 6.32. The molecule has 0 bridgehead atoms. The zero-order chi connectivity index (χ0) is 18.5. The molecule has 4 heteroatoms. The Morgan fingerprint density at radius 2 is 1.96 bits per heavy atom. The number of nitrogens with zero attached hydrogens (tertiary/aromatic N) is 2. The zero-order valence-electron chi connectivity index (χ0n) is 16.7. The number of hydrogen-bond acceptors (Lipinski definition) is 4. The molecule has 3 rings (SSSR count). The molecular formula is C22H34N2O2. The first-order valence-corrected chi connectivity index (χ1v) is 10.4. The molecule has 26 heavy (non-hydrogen) atoms. The second-order valence-corrected chi connectivity index (χ2v) is 7.75. The van der Waals surface area contributed by atoms with Crippen LogP contribution in [0.15, 0.2) is 12.1 Å². The summed E-state index contributed by atoms with van der Waals surface area (Å²) in [7, 11) is 0. The summed E-state index contributed by atoms with van der Waals surface area (Å²) in [6.45, 7) is 11.4. The van der Waals surface area contributed by atoms with E-state index in [2.05, 4.69) is 42.7 Å². The standard InChI is InChI=1S/C22H34N2O2/c1-4-16-26-22-19(18-10-12-23(5-2)13-11-18)8-9-21-20(22)7-6-17(3)24(21)14-15-25/h8-9,15,17-18H,4-7,10-14,16H2,1-3H3/t17-/m0/s1. The molecule has 2 aliphatic heterocycles. The summed E-state index contributed by atoms with van der Waals surface area (Å²) in [5, 5.41) is 0. The average Bonchev–Trinajstić information content (AvgIpc) is 2.68. The predicted octanol–water partition coefficient (Wildman–Crippen LogP) is 4.01. The van der Waals surface area contributed by atoms with Gasteiger partial charge in [0.05, 0.1) is 13.2 Å². The van der Waals surface area contributed by atoms with Crippen LogP contribution in [-0.4, -0.2) is 50.0 Å². The fraction of sp³-hybridized carbons (Fsp3) is 0.682. The molecule has 0 radical (unpaired) electrons. The van der Waals surface area contributed by atoms with Crippen molar-refractivity contribution in [2.24, 2.45) is 0 Å². The van der Waals surface area contributed by atoms with Crippen molar-refractivity contribution >= 4 is 12.0 Å². The van der Waals surface area contributed by atoms with Crippen molar-refractivity contribution in [3.05, 3.63) is 23.3 Å². The van der Waals surface area contributed by atoms with Crippen molar-refractivity contribution in [1.29, 1.82) is 0 Å². The summed E-state index contributed by atoms with van der Waals surface area (Å²) in [5.74, 6) is 1.72. The number of likely N-dealkylation sites (tertiary alicyclic amines) is 1. The number of anilines is 1. The number of aldehydes is 1. The quantitative estimate of drug-likeness (QED) is 0.690. The van der Waals surface area contributed by atoms with Crippen LogP contribution in [-0.2, 0) is 11.2 Å². The second kappa shape index (κ2) is 8.90. The third-order valence-electron chi connectivity index (χ3n) is 6.12. The van der Waals surface area contributed by atoms with Crippen LogP contribution in [0.5, 0.6) is 5.75 Å². The average molecular weight is 359 g/mol. The lowest BCUT2D eigenvalue weighted by Gasteiger charge is -2.38. The van der Waals surface area contributed by atoms with Gasteiger partial charge >= 0.3 is 0 Å². The maximum absolute atomic E-state index is 11.2. The minimum absolute atomic E-state index is 0.408. The molecule has 2 heterocycles. The van der Waals surface area contributed by atoms with Gasteiger partial charge in [-0.1, -0.05) is 19.9 Å². The van der Waals surface area contributed by atoms with Crippen LogP contribution in [0.2, 0.25) is 0 Å². The van der Waals surface area contributed by atoms with Crippen LogP contribution in [0, 0.1) is 0 Å². The minimum atomic E-state index is 0.408. The molecule has 2 aliphatic rings. The maximum Gasteiger partial charge on any atom is 0.139 e.